The third-order valence-electron chi connectivity index (χ3n) is 6.29. The van der Waals surface area contributed by atoms with Crippen molar-refractivity contribution in [1.29, 1.82) is 0 Å². The highest BCUT2D eigenvalue weighted by molar-refractivity contribution is 6.09. The summed E-state index contributed by atoms with van der Waals surface area (Å²) in [5.74, 6) is -0.813. The van der Waals surface area contributed by atoms with Crippen molar-refractivity contribution in [2.24, 2.45) is 16.8 Å². The van der Waals surface area contributed by atoms with Crippen LogP contribution in [0.25, 0.3) is 0 Å². The van der Waals surface area contributed by atoms with Gasteiger partial charge in [0.1, 0.15) is 5.75 Å². The van der Waals surface area contributed by atoms with Crippen LogP contribution in [-0.4, -0.2) is 60.1 Å². The molecule has 2 aliphatic rings. The number of nitrogens with zero attached hydrogens (tertiary/aromatic N) is 2. The molecule has 174 valence electrons. The number of carbonyl (C=O) groups is 2. The Labute approximate surface area is 193 Å². The van der Waals surface area contributed by atoms with Gasteiger partial charge in [-0.2, -0.15) is 5.10 Å². The van der Waals surface area contributed by atoms with Crippen LogP contribution in [0, 0.1) is 5.92 Å². The van der Waals surface area contributed by atoms with Crippen LogP contribution in [-0.2, 0) is 16.0 Å². The Morgan fingerprint density at radius 3 is 2.55 bits per heavy atom. The molecule has 2 unspecified atom stereocenters. The summed E-state index contributed by atoms with van der Waals surface area (Å²) in [7, 11) is 0. The van der Waals surface area contributed by atoms with Gasteiger partial charge in [0.2, 0.25) is 0 Å². The van der Waals surface area contributed by atoms with Crippen LogP contribution in [0.1, 0.15) is 46.8 Å². The molecule has 0 bridgehead atoms. The van der Waals surface area contributed by atoms with Crippen LogP contribution in [0.5, 0.6) is 5.75 Å². The number of hydrazone groups is 1. The van der Waals surface area contributed by atoms with Crippen molar-refractivity contribution >= 4 is 18.0 Å². The number of ether oxygens (including phenoxy) is 2. The van der Waals surface area contributed by atoms with Crippen molar-refractivity contribution in [3.05, 3.63) is 64.7 Å². The van der Waals surface area contributed by atoms with E-state index in [0.29, 0.717) is 42.9 Å². The molecule has 8 heteroatoms. The number of hydrogen-bond acceptors (Lipinski definition) is 7. The Hall–Kier alpha value is -3.23. The molecule has 1 saturated heterocycles. The fraction of sp³-hybridized carbons (Fsp3) is 0.400. The zero-order valence-electron chi connectivity index (χ0n) is 18.7. The summed E-state index contributed by atoms with van der Waals surface area (Å²) in [5.41, 5.74) is 8.17. The highest BCUT2D eigenvalue weighted by Crippen LogP contribution is 2.38. The summed E-state index contributed by atoms with van der Waals surface area (Å²) in [6, 6.07) is 12.6. The maximum Gasteiger partial charge on any atom is 0.303 e. The predicted molar refractivity (Wildman–Crippen MR) is 124 cm³/mol. The van der Waals surface area contributed by atoms with Gasteiger partial charge in [0.05, 0.1) is 38.9 Å². The summed E-state index contributed by atoms with van der Waals surface area (Å²) >= 11 is 0. The number of morpholine rings is 1. The van der Waals surface area contributed by atoms with Gasteiger partial charge in [0.15, 0.2) is 11.5 Å². The smallest absolute Gasteiger partial charge is 0.303 e. The monoisotopic (exact) mass is 451 g/mol. The van der Waals surface area contributed by atoms with Crippen LogP contribution in [0.3, 0.4) is 0 Å². The van der Waals surface area contributed by atoms with Crippen molar-refractivity contribution in [2.75, 3.05) is 26.3 Å². The summed E-state index contributed by atoms with van der Waals surface area (Å²) in [4.78, 5) is 24.3. The fourth-order valence-electron chi connectivity index (χ4n) is 4.21. The number of benzene rings is 2. The first-order valence-electron chi connectivity index (χ1n) is 11.2. The SMILES string of the molecule is CCC1(N)Oc2cc(C(=O)c3ccc(C=NN4CCOCC4)cc3)ccc2CC1CC(=O)O. The largest absolute Gasteiger partial charge is 0.481 e. The van der Waals surface area contributed by atoms with Gasteiger partial charge in [-0.3, -0.25) is 20.3 Å². The van der Waals surface area contributed by atoms with E-state index in [1.165, 1.54) is 0 Å². The lowest BCUT2D eigenvalue weighted by Crippen LogP contribution is -2.55. The second-order valence-corrected chi connectivity index (χ2v) is 8.49. The molecule has 0 saturated carbocycles. The maximum atomic E-state index is 13.1. The molecule has 0 radical (unpaired) electrons. The normalized spacial score (nSPS) is 22.6. The van der Waals surface area contributed by atoms with Gasteiger partial charge in [0.25, 0.3) is 0 Å². The molecule has 2 heterocycles. The lowest BCUT2D eigenvalue weighted by molar-refractivity contribution is -0.141. The topological polar surface area (TPSA) is 114 Å². The Bertz CT molecular complexity index is 1050. The lowest BCUT2D eigenvalue weighted by Gasteiger charge is -2.41. The van der Waals surface area contributed by atoms with Gasteiger partial charge in [-0.25, -0.2) is 0 Å². The zero-order valence-corrected chi connectivity index (χ0v) is 18.7. The first kappa shape index (κ1) is 22.9. The van der Waals surface area contributed by atoms with E-state index in [0.717, 1.165) is 24.2 Å². The summed E-state index contributed by atoms with van der Waals surface area (Å²) in [6.45, 7) is 4.77. The number of hydrogen-bond donors (Lipinski definition) is 2. The second kappa shape index (κ2) is 9.72. The van der Waals surface area contributed by atoms with Crippen molar-refractivity contribution in [2.45, 2.75) is 31.9 Å². The fourth-order valence-corrected chi connectivity index (χ4v) is 4.21. The molecule has 1 fully saturated rings. The van der Waals surface area contributed by atoms with Crippen LogP contribution in [0.2, 0.25) is 0 Å². The van der Waals surface area contributed by atoms with E-state index in [1.807, 2.05) is 30.1 Å². The number of fused-ring (bicyclic) bond motifs is 1. The molecule has 0 aromatic heterocycles. The van der Waals surface area contributed by atoms with Gasteiger partial charge in [-0.05, 0) is 30.0 Å². The highest BCUT2D eigenvalue weighted by Gasteiger charge is 2.41. The minimum atomic E-state index is -1.07. The Morgan fingerprint density at radius 2 is 1.88 bits per heavy atom. The lowest BCUT2D eigenvalue weighted by atomic mass is 9.82. The van der Waals surface area contributed by atoms with E-state index >= 15 is 0 Å². The predicted octanol–water partition coefficient (Wildman–Crippen LogP) is 2.67. The number of aliphatic carboxylic acids is 1. The molecule has 4 rings (SSSR count). The number of ketones is 1. The molecule has 0 spiro atoms. The van der Waals surface area contributed by atoms with E-state index in [-0.39, 0.29) is 18.1 Å². The van der Waals surface area contributed by atoms with E-state index in [9.17, 15) is 14.7 Å². The highest BCUT2D eigenvalue weighted by atomic mass is 16.5. The van der Waals surface area contributed by atoms with Crippen LogP contribution in [0.4, 0.5) is 0 Å². The van der Waals surface area contributed by atoms with Gasteiger partial charge >= 0.3 is 5.97 Å². The number of carboxylic acids is 1. The first-order chi connectivity index (χ1) is 15.9. The van der Waals surface area contributed by atoms with E-state index in [2.05, 4.69) is 5.10 Å². The standard InChI is InChI=1S/C25H29N3O5/c1-2-25(26)21(15-23(29)30)13-19-7-8-20(14-22(19)33-25)24(31)18-5-3-17(4-6-18)16-27-28-9-11-32-12-10-28/h3-8,14,16,21H,2,9-13,15,26H2,1H3,(H,29,30). The zero-order chi connectivity index (χ0) is 23.4. The molecule has 33 heavy (non-hydrogen) atoms. The van der Waals surface area contributed by atoms with Crippen molar-refractivity contribution in [3.8, 4) is 5.75 Å². The summed E-state index contributed by atoms with van der Waals surface area (Å²) in [5, 5.41) is 15.7. The molecule has 0 amide bonds. The average molecular weight is 452 g/mol. The van der Waals surface area contributed by atoms with Gasteiger partial charge in [-0.1, -0.05) is 43.3 Å². The molecule has 2 aliphatic heterocycles. The van der Waals surface area contributed by atoms with E-state index in [4.69, 9.17) is 15.2 Å². The third-order valence-corrected chi connectivity index (χ3v) is 6.29. The number of rotatable bonds is 7. The molecule has 8 nitrogen and oxygen atoms in total. The summed E-state index contributed by atoms with van der Waals surface area (Å²) in [6.07, 6.45) is 2.69. The molecule has 3 N–H and O–H groups in total. The van der Waals surface area contributed by atoms with E-state index in [1.54, 1.807) is 30.5 Å². The van der Waals surface area contributed by atoms with Crippen LogP contribution in [0.15, 0.2) is 47.6 Å². The Morgan fingerprint density at radius 1 is 1.18 bits per heavy atom. The average Bonchev–Trinajstić information content (AvgIpc) is 2.83. The third kappa shape index (κ3) is 5.23. The minimum absolute atomic E-state index is 0.0638. The Balaban J connectivity index is 1.49. The van der Waals surface area contributed by atoms with Gasteiger partial charge < -0.3 is 14.6 Å². The molecule has 2 aromatic carbocycles. The van der Waals surface area contributed by atoms with Crippen molar-refractivity contribution < 1.29 is 24.2 Å². The van der Waals surface area contributed by atoms with Crippen LogP contribution < -0.4 is 10.5 Å². The van der Waals surface area contributed by atoms with Gasteiger partial charge in [0, 0.05) is 17.0 Å². The maximum absolute atomic E-state index is 13.1. The Kier molecular flexibility index (Phi) is 6.76. The number of carboxylic acid groups (broad SMARTS) is 1. The van der Waals surface area contributed by atoms with Gasteiger partial charge in [-0.15, -0.1) is 0 Å². The molecule has 2 aromatic rings. The van der Waals surface area contributed by atoms with E-state index < -0.39 is 11.7 Å². The molecule has 2 atom stereocenters. The van der Waals surface area contributed by atoms with Crippen molar-refractivity contribution in [1.82, 2.24) is 5.01 Å². The quantitative estimate of drug-likeness (QED) is 0.491. The molecule has 0 aliphatic carbocycles. The number of nitrogens with two attached hydrogens (primary N) is 1. The molecular formula is C25H29N3O5. The minimum Gasteiger partial charge on any atom is -0.481 e. The second-order valence-electron chi connectivity index (χ2n) is 8.49. The van der Waals surface area contributed by atoms with Crippen molar-refractivity contribution in [3.63, 3.8) is 0 Å². The van der Waals surface area contributed by atoms with Crippen LogP contribution >= 0.6 is 0 Å². The first-order valence-corrected chi connectivity index (χ1v) is 11.2. The number of carbonyl (C=O) groups excluding carboxylic acids is 1. The summed E-state index contributed by atoms with van der Waals surface area (Å²) < 4.78 is 11.4. The molecular weight excluding hydrogens is 422 g/mol.